The number of hydrogen-bond acceptors (Lipinski definition) is 0. The van der Waals surface area contributed by atoms with Crippen molar-refractivity contribution in [3.05, 3.63) is 53.5 Å². The predicted molar refractivity (Wildman–Crippen MR) is 59.5 cm³/mol. The van der Waals surface area contributed by atoms with Gasteiger partial charge in [0.05, 0.1) is 6.57 Å². The van der Waals surface area contributed by atoms with E-state index in [0.717, 1.165) is 18.5 Å². The van der Waals surface area contributed by atoms with Crippen molar-refractivity contribution in [3.8, 4) is 0 Å². The molecule has 1 aliphatic rings. The molecule has 15 heavy (non-hydrogen) atoms. The monoisotopic (exact) mass is 275 g/mol. The Balaban J connectivity index is 0.000000980. The van der Waals surface area contributed by atoms with E-state index in [-0.39, 0.29) is 40.1 Å². The van der Waals surface area contributed by atoms with Crippen LogP contribution in [0.3, 0.4) is 0 Å². The summed E-state index contributed by atoms with van der Waals surface area (Å²) in [5.74, 6) is 0. The van der Waals surface area contributed by atoms with Gasteiger partial charge in [0.1, 0.15) is 0 Å². The molecule has 0 N–H and O–H groups in total. The van der Waals surface area contributed by atoms with Gasteiger partial charge < -0.3 is 12.7 Å². The standard InChI is InChI=1S/C11H11N2.CH3.Y/c1-12-9-4-5-10-8(7-9)3-6-11(10)13-2;;/h4-5,7,11H,3,6H2,2H3;1H3;/q2*-1;. The zero-order valence-electron chi connectivity index (χ0n) is 9.20. The first-order valence-corrected chi connectivity index (χ1v) is 4.44. The molecule has 2 rings (SSSR count). The van der Waals surface area contributed by atoms with Gasteiger partial charge in [-0.25, -0.2) is 4.85 Å². The first kappa shape index (κ1) is 14.8. The van der Waals surface area contributed by atoms with Gasteiger partial charge in [0, 0.05) is 32.7 Å². The van der Waals surface area contributed by atoms with Gasteiger partial charge in [0.15, 0.2) is 5.69 Å². The summed E-state index contributed by atoms with van der Waals surface area (Å²) in [4.78, 5) is 3.42. The summed E-state index contributed by atoms with van der Waals surface area (Å²) in [7, 11) is 1.86. The first-order valence-electron chi connectivity index (χ1n) is 4.44. The molecule has 1 aromatic rings. The van der Waals surface area contributed by atoms with E-state index >= 15 is 0 Å². The van der Waals surface area contributed by atoms with Crippen molar-refractivity contribution in [2.75, 3.05) is 7.05 Å². The van der Waals surface area contributed by atoms with Crippen LogP contribution in [0, 0.1) is 14.0 Å². The number of fused-ring (bicyclic) bond motifs is 1. The zero-order valence-corrected chi connectivity index (χ0v) is 12.0. The van der Waals surface area contributed by atoms with Crippen molar-refractivity contribution < 1.29 is 32.7 Å². The van der Waals surface area contributed by atoms with E-state index in [4.69, 9.17) is 6.57 Å². The molecule has 0 heterocycles. The first-order chi connectivity index (χ1) is 6.35. The Morgan fingerprint density at radius 2 is 2.20 bits per heavy atom. The topological polar surface area (TPSA) is 18.5 Å². The largest absolute Gasteiger partial charge is 0.658 e. The molecule has 1 unspecified atom stereocenters. The van der Waals surface area contributed by atoms with Crippen LogP contribution in [-0.4, -0.2) is 7.05 Å². The van der Waals surface area contributed by atoms with E-state index in [2.05, 4.69) is 10.2 Å². The maximum atomic E-state index is 6.90. The van der Waals surface area contributed by atoms with Crippen LogP contribution in [0.2, 0.25) is 0 Å². The second kappa shape index (κ2) is 6.38. The summed E-state index contributed by atoms with van der Waals surface area (Å²) >= 11 is 0. The van der Waals surface area contributed by atoms with Crippen molar-refractivity contribution in [1.82, 2.24) is 0 Å². The minimum atomic E-state index is 0. The van der Waals surface area contributed by atoms with Crippen molar-refractivity contribution in [1.29, 1.82) is 0 Å². The fourth-order valence-electron chi connectivity index (χ4n) is 1.92. The summed E-state index contributed by atoms with van der Waals surface area (Å²) in [6, 6.07) is 6.30. The fourth-order valence-corrected chi connectivity index (χ4v) is 1.92. The molecule has 0 aromatic heterocycles. The van der Waals surface area contributed by atoms with Crippen LogP contribution < -0.4 is 0 Å². The smallest absolute Gasteiger partial charge is 0.187 e. The van der Waals surface area contributed by atoms with Crippen molar-refractivity contribution in [3.63, 3.8) is 0 Å². The van der Waals surface area contributed by atoms with Gasteiger partial charge in [0.25, 0.3) is 0 Å². The van der Waals surface area contributed by atoms with Crippen molar-refractivity contribution >= 4 is 5.69 Å². The van der Waals surface area contributed by atoms with E-state index < -0.39 is 0 Å². The molecule has 0 aliphatic heterocycles. The number of hydrogen-bond donors (Lipinski definition) is 0. The van der Waals surface area contributed by atoms with E-state index in [1.54, 1.807) is 0 Å². The summed E-state index contributed by atoms with van der Waals surface area (Å²) in [5, 5.41) is 4.31. The van der Waals surface area contributed by atoms with Gasteiger partial charge in [-0.1, -0.05) is 35.7 Å². The minimum absolute atomic E-state index is 0. The van der Waals surface area contributed by atoms with Gasteiger partial charge in [0.2, 0.25) is 0 Å². The van der Waals surface area contributed by atoms with E-state index in [9.17, 15) is 0 Å². The summed E-state index contributed by atoms with van der Waals surface area (Å²) in [6.45, 7) is 6.90. The molecule has 1 radical (unpaired) electrons. The molecule has 77 valence electrons. The molecule has 1 aromatic carbocycles. The minimum Gasteiger partial charge on any atom is -0.658 e. The van der Waals surface area contributed by atoms with Gasteiger partial charge >= 0.3 is 0 Å². The maximum absolute atomic E-state index is 6.90. The van der Waals surface area contributed by atoms with Crippen molar-refractivity contribution in [2.24, 2.45) is 0 Å². The third-order valence-corrected chi connectivity index (χ3v) is 2.61. The summed E-state index contributed by atoms with van der Waals surface area (Å²) in [6.07, 6.45) is 2.17. The van der Waals surface area contributed by atoms with Crippen LogP contribution in [0.4, 0.5) is 5.69 Å². The Labute approximate surface area is 117 Å². The van der Waals surface area contributed by atoms with Crippen LogP contribution in [0.25, 0.3) is 10.2 Å². The third kappa shape index (κ3) is 2.87. The molecule has 2 nitrogen and oxygen atoms in total. The molecule has 3 heteroatoms. The molecule has 0 saturated heterocycles. The number of aryl methyl sites for hydroxylation is 1. The van der Waals surface area contributed by atoms with Crippen LogP contribution in [0.15, 0.2) is 18.2 Å². The predicted octanol–water partition coefficient (Wildman–Crippen LogP) is 3.68. The molecule has 0 bridgehead atoms. The van der Waals surface area contributed by atoms with Crippen LogP contribution in [-0.2, 0) is 39.1 Å². The number of rotatable bonds is 1. The molecule has 0 spiro atoms. The molecular weight excluding hydrogens is 261 g/mol. The Kier molecular flexibility index (Phi) is 6.28. The van der Waals surface area contributed by atoms with Crippen LogP contribution in [0.5, 0.6) is 0 Å². The van der Waals surface area contributed by atoms with Gasteiger partial charge in [-0.15, -0.1) is 6.04 Å². The average molecular weight is 275 g/mol. The van der Waals surface area contributed by atoms with Crippen LogP contribution >= 0.6 is 0 Å². The zero-order chi connectivity index (χ0) is 9.26. The second-order valence-corrected chi connectivity index (χ2v) is 3.31. The van der Waals surface area contributed by atoms with Gasteiger partial charge in [-0.3, -0.25) is 0 Å². The Morgan fingerprint density at radius 3 is 2.80 bits per heavy atom. The Bertz CT molecular complexity index is 368. The van der Waals surface area contributed by atoms with Gasteiger partial charge in [-0.05, 0) is 6.42 Å². The fraction of sp³-hybridized carbons (Fsp3) is 0.333. The SMILES string of the molecule is [C-]#[N+]c1ccc2c(c1)CCC2[N-]C.[CH3-].[Y]. The molecule has 1 aliphatic carbocycles. The Hall–Kier alpha value is -0.226. The van der Waals surface area contributed by atoms with Crippen LogP contribution in [0.1, 0.15) is 23.6 Å². The van der Waals surface area contributed by atoms with E-state index in [0.29, 0.717) is 6.04 Å². The van der Waals surface area contributed by atoms with E-state index in [1.807, 2.05) is 25.2 Å². The third-order valence-electron chi connectivity index (χ3n) is 2.61. The summed E-state index contributed by atoms with van der Waals surface area (Å²) in [5.41, 5.74) is 3.37. The molecule has 1 atom stereocenters. The molecule has 0 amide bonds. The molecule has 0 saturated carbocycles. The van der Waals surface area contributed by atoms with Gasteiger partial charge in [-0.2, -0.15) is 7.05 Å². The number of nitrogens with zero attached hydrogens (tertiary/aromatic N) is 2. The average Bonchev–Trinajstić information content (AvgIpc) is 2.59. The molecular formula is C12H14N2Y-2. The quantitative estimate of drug-likeness (QED) is 0.696. The van der Waals surface area contributed by atoms with Crippen molar-refractivity contribution in [2.45, 2.75) is 18.9 Å². The second-order valence-electron chi connectivity index (χ2n) is 3.31. The Morgan fingerprint density at radius 1 is 1.47 bits per heavy atom. The van der Waals surface area contributed by atoms with E-state index in [1.165, 1.54) is 11.1 Å². The summed E-state index contributed by atoms with van der Waals surface area (Å²) < 4.78 is 0. The molecule has 0 fully saturated rings. The maximum Gasteiger partial charge on any atom is 0.187 e. The number of benzene rings is 1. The normalized spacial score (nSPS) is 16.9.